The molecule has 4 N–H and O–H groups in total. The molecule has 0 fully saturated rings. The molecule has 2 unspecified atom stereocenters. The number of hydrogen-bond donors (Lipinski definition) is 3. The Hall–Kier alpha value is -0.790. The number of halogens is 4. The number of benzene rings is 1. The minimum Gasteiger partial charge on any atom is -0.398 e. The first-order valence-electron chi connectivity index (χ1n) is 5.16. The van der Waals surface area contributed by atoms with E-state index in [4.69, 9.17) is 5.73 Å². The maximum absolute atomic E-state index is 12.6. The van der Waals surface area contributed by atoms with Crippen LogP contribution >= 0.6 is 15.9 Å². The molecule has 1 aromatic carbocycles. The fourth-order valence-electron chi connectivity index (χ4n) is 1.50. The fraction of sp³-hybridized carbons (Fsp3) is 0.455. The highest BCUT2D eigenvalue weighted by molar-refractivity contribution is 9.09. The Bertz CT molecular complexity index is 412. The normalized spacial score (nSPS) is 15.4. The van der Waals surface area contributed by atoms with Gasteiger partial charge in [0.25, 0.3) is 0 Å². The Morgan fingerprint density at radius 1 is 1.28 bits per heavy atom. The Morgan fingerprint density at radius 2 is 1.89 bits per heavy atom. The smallest absolute Gasteiger partial charge is 0.398 e. The second-order valence-corrected chi connectivity index (χ2v) is 4.63. The van der Waals surface area contributed by atoms with Gasteiger partial charge in [0.1, 0.15) is 6.10 Å². The van der Waals surface area contributed by atoms with Crippen LogP contribution in [0.1, 0.15) is 23.7 Å². The molecule has 0 amide bonds. The maximum atomic E-state index is 12.6. The van der Waals surface area contributed by atoms with Crippen LogP contribution in [0.2, 0.25) is 0 Å². The largest absolute Gasteiger partial charge is 0.418 e. The van der Waals surface area contributed by atoms with Gasteiger partial charge in [-0.3, -0.25) is 0 Å². The molecule has 0 aliphatic rings. The highest BCUT2D eigenvalue weighted by atomic mass is 79.9. The summed E-state index contributed by atoms with van der Waals surface area (Å²) in [6.07, 6.45) is -6.86. The third-order valence-electron chi connectivity index (χ3n) is 2.49. The third kappa shape index (κ3) is 3.60. The molecular weight excluding hydrogens is 315 g/mol. The zero-order valence-corrected chi connectivity index (χ0v) is 10.9. The number of nitrogens with two attached hydrogens (primary N) is 1. The second kappa shape index (κ2) is 5.90. The van der Waals surface area contributed by atoms with E-state index in [1.165, 1.54) is 6.07 Å². The average molecular weight is 328 g/mol. The van der Waals surface area contributed by atoms with Gasteiger partial charge in [-0.2, -0.15) is 13.2 Å². The van der Waals surface area contributed by atoms with Crippen LogP contribution in [0.3, 0.4) is 0 Å². The number of alkyl halides is 4. The van der Waals surface area contributed by atoms with Crippen molar-refractivity contribution in [3.05, 3.63) is 29.3 Å². The molecule has 1 aromatic rings. The van der Waals surface area contributed by atoms with Crippen molar-refractivity contribution in [2.24, 2.45) is 0 Å². The summed E-state index contributed by atoms with van der Waals surface area (Å²) in [5.41, 5.74) is 3.81. The molecule has 0 aliphatic carbocycles. The van der Waals surface area contributed by atoms with Gasteiger partial charge in [-0.1, -0.05) is 22.0 Å². The van der Waals surface area contributed by atoms with E-state index in [1.54, 1.807) is 0 Å². The van der Waals surface area contributed by atoms with Gasteiger partial charge in [0.2, 0.25) is 0 Å². The first kappa shape index (κ1) is 15.3. The highest BCUT2D eigenvalue weighted by Gasteiger charge is 2.34. The van der Waals surface area contributed by atoms with Crippen molar-refractivity contribution in [2.75, 3.05) is 11.1 Å². The summed E-state index contributed by atoms with van der Waals surface area (Å²) in [7, 11) is 0. The van der Waals surface area contributed by atoms with Gasteiger partial charge in [0.05, 0.1) is 11.7 Å². The quantitative estimate of drug-likeness (QED) is 0.588. The summed E-state index contributed by atoms with van der Waals surface area (Å²) in [6, 6.07) is 3.10. The van der Waals surface area contributed by atoms with Crippen LogP contribution in [-0.2, 0) is 6.18 Å². The van der Waals surface area contributed by atoms with Gasteiger partial charge in [0.15, 0.2) is 0 Å². The summed E-state index contributed by atoms with van der Waals surface area (Å²) < 4.78 is 37.8. The molecule has 18 heavy (non-hydrogen) atoms. The van der Waals surface area contributed by atoms with E-state index in [0.717, 1.165) is 12.1 Å². The van der Waals surface area contributed by atoms with Crippen LogP contribution in [-0.4, -0.2) is 21.6 Å². The Labute approximate surface area is 111 Å². The summed E-state index contributed by atoms with van der Waals surface area (Å²) in [5, 5.41) is 19.7. The van der Waals surface area contributed by atoms with Gasteiger partial charge >= 0.3 is 6.18 Å². The molecule has 0 aromatic heterocycles. The third-order valence-corrected chi connectivity index (χ3v) is 2.95. The average Bonchev–Trinajstić information content (AvgIpc) is 2.27. The lowest BCUT2D eigenvalue weighted by molar-refractivity contribution is -0.137. The van der Waals surface area contributed by atoms with Crippen molar-refractivity contribution < 1.29 is 23.4 Å². The first-order chi connectivity index (χ1) is 8.27. The van der Waals surface area contributed by atoms with Crippen LogP contribution in [0.25, 0.3) is 0 Å². The number of aliphatic hydroxyl groups is 2. The summed E-state index contributed by atoms with van der Waals surface area (Å²) in [4.78, 5) is 0. The van der Waals surface area contributed by atoms with Gasteiger partial charge in [0, 0.05) is 11.0 Å². The number of anilines is 1. The molecule has 0 saturated heterocycles. The summed E-state index contributed by atoms with van der Waals surface area (Å²) in [6.45, 7) is 0. The van der Waals surface area contributed by atoms with Crippen molar-refractivity contribution in [3.8, 4) is 0 Å². The molecule has 2 atom stereocenters. The van der Waals surface area contributed by atoms with E-state index in [0.29, 0.717) is 5.33 Å². The predicted molar refractivity (Wildman–Crippen MR) is 65.2 cm³/mol. The zero-order valence-electron chi connectivity index (χ0n) is 9.28. The van der Waals surface area contributed by atoms with Crippen LogP contribution in [0.15, 0.2) is 18.2 Å². The van der Waals surface area contributed by atoms with Crippen molar-refractivity contribution in [3.63, 3.8) is 0 Å². The van der Waals surface area contributed by atoms with E-state index in [9.17, 15) is 23.4 Å². The zero-order chi connectivity index (χ0) is 13.9. The molecule has 0 bridgehead atoms. The molecule has 0 heterocycles. The van der Waals surface area contributed by atoms with Crippen LogP contribution < -0.4 is 5.73 Å². The fourth-order valence-corrected chi connectivity index (χ4v) is 1.96. The lowest BCUT2D eigenvalue weighted by Crippen LogP contribution is -2.19. The van der Waals surface area contributed by atoms with Gasteiger partial charge in [-0.15, -0.1) is 0 Å². The van der Waals surface area contributed by atoms with Gasteiger partial charge < -0.3 is 15.9 Å². The van der Waals surface area contributed by atoms with E-state index in [-0.39, 0.29) is 12.0 Å². The molecule has 3 nitrogen and oxygen atoms in total. The van der Waals surface area contributed by atoms with E-state index < -0.39 is 29.6 Å². The SMILES string of the molecule is Nc1ccc(C(O)C(O)CCBr)cc1C(F)(F)F. The number of hydrogen-bond acceptors (Lipinski definition) is 3. The topological polar surface area (TPSA) is 66.5 Å². The summed E-state index contributed by atoms with van der Waals surface area (Å²) in [5.74, 6) is 0. The molecule has 1 rings (SSSR count). The highest BCUT2D eigenvalue weighted by Crippen LogP contribution is 2.35. The van der Waals surface area contributed by atoms with Crippen molar-refractivity contribution in [1.82, 2.24) is 0 Å². The number of aliphatic hydroxyl groups excluding tert-OH is 2. The number of nitrogen functional groups attached to an aromatic ring is 1. The monoisotopic (exact) mass is 327 g/mol. The molecule has 0 saturated carbocycles. The Balaban J connectivity index is 3.05. The molecule has 102 valence electrons. The van der Waals surface area contributed by atoms with Crippen molar-refractivity contribution >= 4 is 21.6 Å². The van der Waals surface area contributed by atoms with Crippen LogP contribution in [0.5, 0.6) is 0 Å². The molecule has 7 heteroatoms. The van der Waals surface area contributed by atoms with Crippen molar-refractivity contribution in [2.45, 2.75) is 24.8 Å². The Morgan fingerprint density at radius 3 is 2.39 bits per heavy atom. The van der Waals surface area contributed by atoms with E-state index in [2.05, 4.69) is 15.9 Å². The van der Waals surface area contributed by atoms with E-state index >= 15 is 0 Å². The minimum absolute atomic E-state index is 0.00928. The van der Waals surface area contributed by atoms with E-state index in [1.807, 2.05) is 0 Å². The predicted octanol–water partition coefficient (Wildman–Crippen LogP) is 2.47. The van der Waals surface area contributed by atoms with Crippen molar-refractivity contribution in [1.29, 1.82) is 0 Å². The summed E-state index contributed by atoms with van der Waals surface area (Å²) >= 11 is 3.08. The number of rotatable bonds is 4. The molecule has 0 aliphatic heterocycles. The lowest BCUT2D eigenvalue weighted by atomic mass is 9.99. The Kier molecular flexibility index (Phi) is 5.01. The first-order valence-corrected chi connectivity index (χ1v) is 6.28. The molecular formula is C11H13BrF3NO2. The van der Waals surface area contributed by atoms with Crippen LogP contribution in [0.4, 0.5) is 18.9 Å². The lowest BCUT2D eigenvalue weighted by Gasteiger charge is -2.19. The van der Waals surface area contributed by atoms with Gasteiger partial charge in [-0.05, 0) is 24.1 Å². The van der Waals surface area contributed by atoms with Gasteiger partial charge in [-0.25, -0.2) is 0 Å². The standard InChI is InChI=1S/C11H13BrF3NO2/c12-4-3-9(17)10(18)6-1-2-8(16)7(5-6)11(13,14)15/h1-2,5,9-10,17-18H,3-4,16H2. The second-order valence-electron chi connectivity index (χ2n) is 3.83. The molecule has 0 spiro atoms. The maximum Gasteiger partial charge on any atom is 0.418 e. The van der Waals surface area contributed by atoms with Crippen LogP contribution in [0, 0.1) is 0 Å². The molecule has 0 radical (unpaired) electrons. The minimum atomic E-state index is -4.58.